The smallest absolute Gasteiger partial charge is 0.128 e. The molecule has 0 fully saturated rings. The van der Waals surface area contributed by atoms with Crippen molar-refractivity contribution in [2.24, 2.45) is 5.73 Å². The van der Waals surface area contributed by atoms with Crippen LogP contribution in [0.1, 0.15) is 16.3 Å². The highest BCUT2D eigenvalue weighted by molar-refractivity contribution is 7.09. The van der Waals surface area contributed by atoms with Crippen molar-refractivity contribution >= 4 is 28.8 Å². The normalized spacial score (nSPS) is 10.7. The Labute approximate surface area is 115 Å². The number of nitrogens with zero attached hydrogens (tertiary/aromatic N) is 3. The Bertz CT molecular complexity index is 541. The molecule has 4 nitrogen and oxygen atoms in total. The standard InChI is InChI=1S/C12H15ClN4S/c1-8-16-10(7-18-8)6-17(2)12-3-9(4-14)11(13)5-15-12/h3,5,7H,4,6,14H2,1-2H3. The number of thiazole rings is 1. The van der Waals surface area contributed by atoms with Crippen LogP contribution in [0.4, 0.5) is 5.82 Å². The molecule has 0 saturated heterocycles. The number of aromatic nitrogens is 2. The lowest BCUT2D eigenvalue weighted by atomic mass is 10.2. The summed E-state index contributed by atoms with van der Waals surface area (Å²) in [7, 11) is 1.98. The Morgan fingerprint density at radius 3 is 2.89 bits per heavy atom. The first kappa shape index (κ1) is 13.3. The van der Waals surface area contributed by atoms with E-state index in [1.54, 1.807) is 17.5 Å². The molecule has 0 amide bonds. The molecule has 0 atom stereocenters. The second-order valence-corrected chi connectivity index (χ2v) is 5.52. The van der Waals surface area contributed by atoms with Gasteiger partial charge in [-0.05, 0) is 18.6 Å². The Balaban J connectivity index is 2.15. The van der Waals surface area contributed by atoms with Crippen LogP contribution in [0.15, 0.2) is 17.6 Å². The maximum Gasteiger partial charge on any atom is 0.128 e. The summed E-state index contributed by atoms with van der Waals surface area (Å²) in [4.78, 5) is 10.8. The van der Waals surface area contributed by atoms with Crippen molar-refractivity contribution in [2.75, 3.05) is 11.9 Å². The van der Waals surface area contributed by atoms with E-state index in [9.17, 15) is 0 Å². The molecule has 2 aromatic rings. The molecule has 96 valence electrons. The minimum atomic E-state index is 0.415. The quantitative estimate of drug-likeness (QED) is 0.936. The van der Waals surface area contributed by atoms with Gasteiger partial charge in [0.1, 0.15) is 5.82 Å². The summed E-state index contributed by atoms with van der Waals surface area (Å²) in [5, 5.41) is 3.75. The number of hydrogen-bond donors (Lipinski definition) is 1. The lowest BCUT2D eigenvalue weighted by molar-refractivity contribution is 0.866. The van der Waals surface area contributed by atoms with Gasteiger partial charge in [-0.25, -0.2) is 9.97 Å². The van der Waals surface area contributed by atoms with E-state index < -0.39 is 0 Å². The second kappa shape index (κ2) is 5.65. The molecule has 0 aliphatic carbocycles. The van der Waals surface area contributed by atoms with E-state index in [-0.39, 0.29) is 0 Å². The molecule has 2 rings (SSSR count). The summed E-state index contributed by atoms with van der Waals surface area (Å²) in [6.07, 6.45) is 1.64. The number of hydrogen-bond acceptors (Lipinski definition) is 5. The highest BCUT2D eigenvalue weighted by atomic mass is 35.5. The summed E-state index contributed by atoms with van der Waals surface area (Å²) in [6, 6.07) is 1.92. The molecule has 0 saturated carbocycles. The van der Waals surface area contributed by atoms with Crippen LogP contribution in [0, 0.1) is 6.92 Å². The minimum absolute atomic E-state index is 0.415. The zero-order valence-corrected chi connectivity index (χ0v) is 11.9. The summed E-state index contributed by atoms with van der Waals surface area (Å²) >= 11 is 7.65. The van der Waals surface area contributed by atoms with E-state index in [4.69, 9.17) is 17.3 Å². The molecular weight excluding hydrogens is 268 g/mol. The first-order valence-corrected chi connectivity index (χ1v) is 6.82. The molecule has 2 N–H and O–H groups in total. The minimum Gasteiger partial charge on any atom is -0.354 e. The van der Waals surface area contributed by atoms with Gasteiger partial charge in [-0.15, -0.1) is 11.3 Å². The van der Waals surface area contributed by atoms with Crippen molar-refractivity contribution in [1.82, 2.24) is 9.97 Å². The maximum atomic E-state index is 5.99. The van der Waals surface area contributed by atoms with Crippen molar-refractivity contribution in [1.29, 1.82) is 0 Å². The van der Waals surface area contributed by atoms with Gasteiger partial charge in [0.15, 0.2) is 0 Å². The molecule has 0 aromatic carbocycles. The summed E-state index contributed by atoms with van der Waals surface area (Å²) < 4.78 is 0. The maximum absolute atomic E-state index is 5.99. The van der Waals surface area contributed by atoms with E-state index in [2.05, 4.69) is 15.3 Å². The summed E-state index contributed by atoms with van der Waals surface area (Å²) in [6.45, 7) is 3.14. The van der Waals surface area contributed by atoms with E-state index in [1.807, 2.05) is 24.9 Å². The number of rotatable bonds is 4. The Morgan fingerprint density at radius 1 is 1.50 bits per heavy atom. The third kappa shape index (κ3) is 2.98. The first-order valence-electron chi connectivity index (χ1n) is 5.56. The SMILES string of the molecule is Cc1nc(CN(C)c2cc(CN)c(Cl)cn2)cs1. The number of anilines is 1. The van der Waals surface area contributed by atoms with Gasteiger partial charge in [-0.1, -0.05) is 11.6 Å². The van der Waals surface area contributed by atoms with E-state index in [0.29, 0.717) is 11.6 Å². The van der Waals surface area contributed by atoms with Gasteiger partial charge < -0.3 is 10.6 Å². The van der Waals surface area contributed by atoms with Crippen LogP contribution in [0.5, 0.6) is 0 Å². The Kier molecular flexibility index (Phi) is 4.16. The van der Waals surface area contributed by atoms with Crippen molar-refractivity contribution in [3.8, 4) is 0 Å². The molecule has 2 heterocycles. The average molecular weight is 283 g/mol. The summed E-state index contributed by atoms with van der Waals surface area (Å²) in [5.74, 6) is 0.852. The van der Waals surface area contributed by atoms with E-state index >= 15 is 0 Å². The molecule has 0 aliphatic rings. The number of halogens is 1. The number of aryl methyl sites for hydroxylation is 1. The Morgan fingerprint density at radius 2 is 2.28 bits per heavy atom. The van der Waals surface area contributed by atoms with Gasteiger partial charge in [0.05, 0.1) is 22.3 Å². The van der Waals surface area contributed by atoms with Gasteiger partial charge in [0.25, 0.3) is 0 Å². The van der Waals surface area contributed by atoms with Gasteiger partial charge in [0, 0.05) is 25.2 Å². The predicted molar refractivity (Wildman–Crippen MR) is 76.1 cm³/mol. The van der Waals surface area contributed by atoms with Crippen LogP contribution < -0.4 is 10.6 Å². The van der Waals surface area contributed by atoms with Crippen molar-refractivity contribution in [2.45, 2.75) is 20.0 Å². The monoisotopic (exact) mass is 282 g/mol. The predicted octanol–water partition coefficient (Wildman–Crippen LogP) is 2.60. The zero-order chi connectivity index (χ0) is 13.1. The largest absolute Gasteiger partial charge is 0.354 e. The van der Waals surface area contributed by atoms with E-state index in [0.717, 1.165) is 28.6 Å². The molecule has 2 aromatic heterocycles. The van der Waals surface area contributed by atoms with Crippen molar-refractivity contribution < 1.29 is 0 Å². The van der Waals surface area contributed by atoms with Crippen LogP contribution in [0.3, 0.4) is 0 Å². The topological polar surface area (TPSA) is 55.0 Å². The molecule has 0 aliphatic heterocycles. The zero-order valence-electron chi connectivity index (χ0n) is 10.4. The van der Waals surface area contributed by atoms with Gasteiger partial charge in [-0.2, -0.15) is 0 Å². The fourth-order valence-electron chi connectivity index (χ4n) is 1.64. The number of pyridine rings is 1. The van der Waals surface area contributed by atoms with Crippen LogP contribution in [0.2, 0.25) is 5.02 Å². The van der Waals surface area contributed by atoms with Crippen LogP contribution in [-0.4, -0.2) is 17.0 Å². The van der Waals surface area contributed by atoms with Crippen molar-refractivity contribution in [3.63, 3.8) is 0 Å². The molecule has 0 bridgehead atoms. The molecule has 0 unspecified atom stereocenters. The second-order valence-electron chi connectivity index (χ2n) is 4.05. The van der Waals surface area contributed by atoms with E-state index in [1.165, 1.54) is 0 Å². The molecule has 18 heavy (non-hydrogen) atoms. The fourth-order valence-corrected chi connectivity index (χ4v) is 2.42. The molecular formula is C12H15ClN4S. The highest BCUT2D eigenvalue weighted by Gasteiger charge is 2.08. The van der Waals surface area contributed by atoms with Crippen LogP contribution in [0.25, 0.3) is 0 Å². The molecule has 6 heteroatoms. The van der Waals surface area contributed by atoms with Crippen LogP contribution >= 0.6 is 22.9 Å². The molecule has 0 spiro atoms. The average Bonchev–Trinajstić information content (AvgIpc) is 2.75. The number of nitrogens with two attached hydrogens (primary N) is 1. The van der Waals surface area contributed by atoms with Crippen LogP contribution in [-0.2, 0) is 13.1 Å². The lowest BCUT2D eigenvalue weighted by Crippen LogP contribution is -2.18. The van der Waals surface area contributed by atoms with Gasteiger partial charge in [-0.3, -0.25) is 0 Å². The Hall–Kier alpha value is -1.17. The third-order valence-corrected chi connectivity index (χ3v) is 3.76. The van der Waals surface area contributed by atoms with Gasteiger partial charge >= 0.3 is 0 Å². The third-order valence-electron chi connectivity index (χ3n) is 2.60. The van der Waals surface area contributed by atoms with Gasteiger partial charge in [0.2, 0.25) is 0 Å². The fraction of sp³-hybridized carbons (Fsp3) is 0.333. The summed E-state index contributed by atoms with van der Waals surface area (Å²) in [5.41, 5.74) is 7.59. The first-order chi connectivity index (χ1) is 8.60. The van der Waals surface area contributed by atoms with Crippen molar-refractivity contribution in [3.05, 3.63) is 38.9 Å². The highest BCUT2D eigenvalue weighted by Crippen LogP contribution is 2.20. The molecule has 0 radical (unpaired) electrons. The lowest BCUT2D eigenvalue weighted by Gasteiger charge is -2.17.